The van der Waals surface area contributed by atoms with E-state index in [-0.39, 0.29) is 4.90 Å². The highest BCUT2D eigenvalue weighted by Gasteiger charge is 2.18. The van der Waals surface area contributed by atoms with Crippen molar-refractivity contribution in [2.24, 2.45) is 0 Å². The van der Waals surface area contributed by atoms with E-state index in [1.807, 2.05) is 19.9 Å². The maximum atomic E-state index is 12.4. The molecule has 20 heavy (non-hydrogen) atoms. The van der Waals surface area contributed by atoms with Gasteiger partial charge in [0.05, 0.1) is 0 Å². The average Bonchev–Trinajstić information content (AvgIpc) is 2.25. The molecular formula is C13H12Br2N2O2S. The van der Waals surface area contributed by atoms with E-state index in [0.717, 1.165) is 15.7 Å². The van der Waals surface area contributed by atoms with Crippen molar-refractivity contribution in [1.29, 1.82) is 0 Å². The summed E-state index contributed by atoms with van der Waals surface area (Å²) in [5.41, 5.74) is 1.71. The van der Waals surface area contributed by atoms with Crippen LogP contribution in [-0.2, 0) is 10.0 Å². The summed E-state index contributed by atoms with van der Waals surface area (Å²) in [5.74, 6) is 0.317. The Bertz CT molecular complexity index is 741. The van der Waals surface area contributed by atoms with Crippen molar-refractivity contribution >= 4 is 47.7 Å². The third kappa shape index (κ3) is 3.59. The Kier molecular flexibility index (Phi) is 4.51. The molecule has 2 rings (SSSR count). The molecule has 0 aliphatic heterocycles. The second-order valence-corrected chi connectivity index (χ2v) is 7.77. The van der Waals surface area contributed by atoms with E-state index in [4.69, 9.17) is 0 Å². The molecule has 0 fully saturated rings. The fraction of sp³-hybridized carbons (Fsp3) is 0.154. The van der Waals surface area contributed by atoms with Crippen LogP contribution in [-0.4, -0.2) is 13.4 Å². The molecule has 1 aromatic heterocycles. The highest BCUT2D eigenvalue weighted by molar-refractivity contribution is 9.11. The van der Waals surface area contributed by atoms with Gasteiger partial charge in [-0.1, -0.05) is 15.9 Å². The number of pyridine rings is 1. The molecule has 0 saturated heterocycles. The van der Waals surface area contributed by atoms with Crippen LogP contribution in [0.1, 0.15) is 11.3 Å². The SMILES string of the molecule is Cc1cc(C)nc(NS(=O)(=O)c2ccc(Br)cc2Br)c1. The lowest BCUT2D eigenvalue weighted by Gasteiger charge is -2.10. The summed E-state index contributed by atoms with van der Waals surface area (Å²) < 4.78 is 28.5. The van der Waals surface area contributed by atoms with Gasteiger partial charge >= 0.3 is 0 Å². The summed E-state index contributed by atoms with van der Waals surface area (Å²) in [5, 5.41) is 0. The van der Waals surface area contributed by atoms with E-state index in [2.05, 4.69) is 41.6 Å². The Hall–Kier alpha value is -0.920. The van der Waals surface area contributed by atoms with Crippen molar-refractivity contribution in [1.82, 2.24) is 4.98 Å². The van der Waals surface area contributed by atoms with E-state index >= 15 is 0 Å². The molecular weight excluding hydrogens is 408 g/mol. The van der Waals surface area contributed by atoms with Gasteiger partial charge in [-0.05, 0) is 65.7 Å². The molecule has 106 valence electrons. The summed E-state index contributed by atoms with van der Waals surface area (Å²) in [4.78, 5) is 4.35. The number of aryl methyl sites for hydroxylation is 2. The Morgan fingerprint density at radius 2 is 1.80 bits per heavy atom. The molecule has 2 aromatic rings. The molecule has 1 aromatic carbocycles. The molecule has 0 radical (unpaired) electrons. The topological polar surface area (TPSA) is 59.1 Å². The van der Waals surface area contributed by atoms with Crippen molar-refractivity contribution < 1.29 is 8.42 Å². The van der Waals surface area contributed by atoms with Gasteiger partial charge in [-0.25, -0.2) is 13.4 Å². The molecule has 7 heteroatoms. The first-order chi connectivity index (χ1) is 9.28. The average molecular weight is 420 g/mol. The van der Waals surface area contributed by atoms with E-state index in [0.29, 0.717) is 10.3 Å². The molecule has 0 aliphatic carbocycles. The number of nitrogens with one attached hydrogen (secondary N) is 1. The van der Waals surface area contributed by atoms with Gasteiger partial charge in [-0.15, -0.1) is 0 Å². The van der Waals surface area contributed by atoms with E-state index < -0.39 is 10.0 Å². The minimum atomic E-state index is -3.67. The van der Waals surface area contributed by atoms with Gasteiger partial charge in [-0.2, -0.15) is 0 Å². The molecule has 4 nitrogen and oxygen atoms in total. The zero-order chi connectivity index (χ0) is 14.9. The van der Waals surface area contributed by atoms with Crippen LogP contribution in [0.2, 0.25) is 0 Å². The van der Waals surface area contributed by atoms with Gasteiger partial charge in [0.1, 0.15) is 10.7 Å². The molecule has 0 saturated carbocycles. The van der Waals surface area contributed by atoms with Gasteiger partial charge in [0.2, 0.25) is 0 Å². The third-order valence-electron chi connectivity index (χ3n) is 2.52. The van der Waals surface area contributed by atoms with Crippen molar-refractivity contribution in [2.45, 2.75) is 18.7 Å². The van der Waals surface area contributed by atoms with E-state index in [1.54, 1.807) is 18.2 Å². The first kappa shape index (κ1) is 15.5. The Labute approximate surface area is 134 Å². The van der Waals surface area contributed by atoms with Crippen molar-refractivity contribution in [3.8, 4) is 0 Å². The highest BCUT2D eigenvalue weighted by Crippen LogP contribution is 2.27. The van der Waals surface area contributed by atoms with Gasteiger partial charge in [0.25, 0.3) is 10.0 Å². The van der Waals surface area contributed by atoms with Crippen LogP contribution in [0.3, 0.4) is 0 Å². The second-order valence-electron chi connectivity index (χ2n) is 4.35. The zero-order valence-corrected chi connectivity index (χ0v) is 14.8. The molecule has 0 spiro atoms. The molecule has 0 unspecified atom stereocenters. The predicted octanol–water partition coefficient (Wildman–Crippen LogP) is 4.02. The number of hydrogen-bond acceptors (Lipinski definition) is 3. The number of anilines is 1. The summed E-state index contributed by atoms with van der Waals surface area (Å²) in [7, 11) is -3.67. The van der Waals surface area contributed by atoms with Gasteiger partial charge in [0, 0.05) is 14.6 Å². The fourth-order valence-corrected chi connectivity index (χ4v) is 4.52. The Morgan fingerprint density at radius 3 is 2.40 bits per heavy atom. The number of halogens is 2. The fourth-order valence-electron chi connectivity index (χ4n) is 1.78. The van der Waals surface area contributed by atoms with Crippen LogP contribution in [0, 0.1) is 13.8 Å². The van der Waals surface area contributed by atoms with E-state index in [9.17, 15) is 8.42 Å². The number of benzene rings is 1. The third-order valence-corrected chi connectivity index (χ3v) is 5.34. The normalized spacial score (nSPS) is 11.4. The molecule has 0 atom stereocenters. The molecule has 1 N–H and O–H groups in total. The Morgan fingerprint density at radius 1 is 1.10 bits per heavy atom. The van der Waals surface area contributed by atoms with Crippen LogP contribution < -0.4 is 4.72 Å². The minimum absolute atomic E-state index is 0.168. The van der Waals surface area contributed by atoms with Gasteiger partial charge in [-0.3, -0.25) is 4.72 Å². The number of rotatable bonds is 3. The highest BCUT2D eigenvalue weighted by atomic mass is 79.9. The van der Waals surface area contributed by atoms with E-state index in [1.165, 1.54) is 6.07 Å². The smallest absolute Gasteiger partial charge is 0.263 e. The molecule has 0 amide bonds. The lowest BCUT2D eigenvalue weighted by molar-refractivity contribution is 0.600. The molecule has 0 aliphatic rings. The monoisotopic (exact) mass is 418 g/mol. The van der Waals surface area contributed by atoms with Crippen molar-refractivity contribution in [3.05, 3.63) is 50.5 Å². The van der Waals surface area contributed by atoms with Crippen LogP contribution in [0.15, 0.2) is 44.2 Å². The number of nitrogens with zero attached hydrogens (tertiary/aromatic N) is 1. The first-order valence-corrected chi connectivity index (χ1v) is 8.78. The van der Waals surface area contributed by atoms with Crippen LogP contribution in [0.5, 0.6) is 0 Å². The second kappa shape index (κ2) is 5.83. The maximum absolute atomic E-state index is 12.4. The van der Waals surface area contributed by atoms with Gasteiger partial charge in [0.15, 0.2) is 0 Å². The maximum Gasteiger partial charge on any atom is 0.264 e. The number of hydrogen-bond donors (Lipinski definition) is 1. The predicted molar refractivity (Wildman–Crippen MR) is 86.4 cm³/mol. The van der Waals surface area contributed by atoms with Crippen LogP contribution in [0.25, 0.3) is 0 Å². The van der Waals surface area contributed by atoms with Crippen LogP contribution >= 0.6 is 31.9 Å². The van der Waals surface area contributed by atoms with Crippen molar-refractivity contribution in [3.63, 3.8) is 0 Å². The zero-order valence-electron chi connectivity index (χ0n) is 10.8. The summed E-state index contributed by atoms with van der Waals surface area (Å²) in [6, 6.07) is 8.46. The quantitative estimate of drug-likeness (QED) is 0.816. The lowest BCUT2D eigenvalue weighted by Crippen LogP contribution is -2.15. The van der Waals surface area contributed by atoms with Gasteiger partial charge < -0.3 is 0 Å². The first-order valence-electron chi connectivity index (χ1n) is 5.71. The van der Waals surface area contributed by atoms with Crippen LogP contribution in [0.4, 0.5) is 5.82 Å². The summed E-state index contributed by atoms with van der Waals surface area (Å²) in [6.45, 7) is 3.71. The number of sulfonamides is 1. The molecule has 1 heterocycles. The largest absolute Gasteiger partial charge is 0.264 e. The summed E-state index contributed by atoms with van der Waals surface area (Å²) in [6.07, 6.45) is 0. The minimum Gasteiger partial charge on any atom is -0.263 e. The molecule has 0 bridgehead atoms. The number of aromatic nitrogens is 1. The van der Waals surface area contributed by atoms with Crippen molar-refractivity contribution in [2.75, 3.05) is 4.72 Å². The summed E-state index contributed by atoms with van der Waals surface area (Å²) >= 11 is 6.55. The Balaban J connectivity index is 2.40. The lowest BCUT2D eigenvalue weighted by atomic mass is 10.2. The standard InChI is InChI=1S/C13H12Br2N2O2S/c1-8-5-9(2)16-13(6-8)17-20(18,19)12-4-3-10(14)7-11(12)15/h3-7H,1-2H3,(H,16,17).